The highest BCUT2D eigenvalue weighted by molar-refractivity contribution is 6.32. The number of nitrogens with one attached hydrogen (secondary N) is 1. The van der Waals surface area contributed by atoms with Gasteiger partial charge in [0.1, 0.15) is 11.8 Å². The molecule has 0 aliphatic rings. The normalized spacial score (nSPS) is 10.8. The number of aromatic nitrogens is 6. The van der Waals surface area contributed by atoms with Crippen LogP contribution in [0, 0.1) is 10.1 Å². The minimum Gasteiger partial charge on any atom is -0.332 e. The first kappa shape index (κ1) is 15.8. The maximum absolute atomic E-state index is 11.7. The maximum atomic E-state index is 11.7. The monoisotopic (exact) mass is 368 g/mol. The molecule has 4 aromatic rings. The lowest BCUT2D eigenvalue weighted by Crippen LogP contribution is -2.09. The summed E-state index contributed by atoms with van der Waals surface area (Å²) in [6.07, 6.45) is 2.71. The Bertz CT molecular complexity index is 1130. The predicted octanol–water partition coefficient (Wildman–Crippen LogP) is 2.91. The largest absolute Gasteiger partial charge is 0.356 e. The fraction of sp³-hybridized carbons (Fsp3) is 0. The Morgan fingerprint density at radius 2 is 1.96 bits per heavy atom. The van der Waals surface area contributed by atoms with Gasteiger partial charge >= 0.3 is 5.69 Å². The fourth-order valence-electron chi connectivity index (χ4n) is 2.42. The van der Waals surface area contributed by atoms with Crippen molar-refractivity contribution in [1.82, 2.24) is 29.9 Å². The van der Waals surface area contributed by atoms with E-state index in [1.54, 1.807) is 36.4 Å². The van der Waals surface area contributed by atoms with E-state index >= 15 is 0 Å². The summed E-state index contributed by atoms with van der Waals surface area (Å²) in [7, 11) is 0. The molecule has 0 aliphatic heterocycles. The number of nitro groups is 1. The van der Waals surface area contributed by atoms with E-state index in [1.165, 1.54) is 17.2 Å². The smallest absolute Gasteiger partial charge is 0.332 e. The summed E-state index contributed by atoms with van der Waals surface area (Å²) < 4.78 is 1.30. The van der Waals surface area contributed by atoms with Crippen LogP contribution >= 0.6 is 11.6 Å². The first-order valence-corrected chi connectivity index (χ1v) is 7.70. The third-order valence-corrected chi connectivity index (χ3v) is 3.85. The van der Waals surface area contributed by atoms with Crippen molar-refractivity contribution in [3.63, 3.8) is 0 Å². The van der Waals surface area contributed by atoms with Gasteiger partial charge < -0.3 is 5.32 Å². The number of benzene rings is 1. The molecule has 0 atom stereocenters. The molecule has 3 heterocycles. The molecule has 0 fully saturated rings. The molecular weight excluding hydrogens is 360 g/mol. The van der Waals surface area contributed by atoms with Gasteiger partial charge in [0.25, 0.3) is 0 Å². The van der Waals surface area contributed by atoms with Gasteiger partial charge in [-0.2, -0.15) is 4.68 Å². The van der Waals surface area contributed by atoms with Gasteiger partial charge in [-0.3, -0.25) is 10.1 Å². The van der Waals surface area contributed by atoms with Gasteiger partial charge in [0.2, 0.25) is 11.6 Å². The fourth-order valence-corrected chi connectivity index (χ4v) is 2.58. The van der Waals surface area contributed by atoms with Gasteiger partial charge in [-0.05, 0) is 24.3 Å². The SMILES string of the molecule is O=[N+]([O-])c1c(Nc2cccnc2Cl)ncnc1-n1nnc2ccccc21. The molecule has 0 aliphatic carbocycles. The molecular formula is C15H9ClN8O2. The minimum absolute atomic E-state index is 0.0128. The number of rotatable bonds is 4. The second kappa shape index (κ2) is 6.33. The van der Waals surface area contributed by atoms with Crippen molar-refractivity contribution in [2.45, 2.75) is 0 Å². The van der Waals surface area contributed by atoms with Crippen LogP contribution in [0.3, 0.4) is 0 Å². The van der Waals surface area contributed by atoms with E-state index in [0.29, 0.717) is 16.7 Å². The summed E-state index contributed by atoms with van der Waals surface area (Å²) >= 11 is 6.01. The first-order valence-electron chi connectivity index (χ1n) is 7.33. The molecule has 0 saturated heterocycles. The second-order valence-corrected chi connectivity index (χ2v) is 5.47. The van der Waals surface area contributed by atoms with Crippen molar-refractivity contribution >= 4 is 39.8 Å². The molecule has 1 aromatic carbocycles. The summed E-state index contributed by atoms with van der Waals surface area (Å²) in [6.45, 7) is 0. The lowest BCUT2D eigenvalue weighted by atomic mass is 10.3. The quantitative estimate of drug-likeness (QED) is 0.331. The van der Waals surface area contributed by atoms with Crippen LogP contribution in [0.1, 0.15) is 0 Å². The van der Waals surface area contributed by atoms with Crippen LogP contribution in [0.2, 0.25) is 5.15 Å². The highest BCUT2D eigenvalue weighted by atomic mass is 35.5. The van der Waals surface area contributed by atoms with Crippen LogP contribution < -0.4 is 5.32 Å². The Morgan fingerprint density at radius 1 is 1.12 bits per heavy atom. The van der Waals surface area contributed by atoms with Crippen LogP contribution in [0.5, 0.6) is 0 Å². The summed E-state index contributed by atoms with van der Waals surface area (Å²) in [5.74, 6) is -0.0457. The Morgan fingerprint density at radius 3 is 2.77 bits per heavy atom. The van der Waals surface area contributed by atoms with Crippen LogP contribution in [0.15, 0.2) is 48.9 Å². The molecule has 0 spiro atoms. The summed E-state index contributed by atoms with van der Waals surface area (Å²) in [5, 5.41) is 22.7. The van der Waals surface area contributed by atoms with Crippen LogP contribution in [-0.4, -0.2) is 34.9 Å². The molecule has 0 bridgehead atoms. The summed E-state index contributed by atoms with van der Waals surface area (Å²) in [6, 6.07) is 10.3. The van der Waals surface area contributed by atoms with Crippen molar-refractivity contribution in [2.24, 2.45) is 0 Å². The van der Waals surface area contributed by atoms with Crippen molar-refractivity contribution in [2.75, 3.05) is 5.32 Å². The number of hydrogen-bond donors (Lipinski definition) is 1. The highest BCUT2D eigenvalue weighted by Gasteiger charge is 2.26. The predicted molar refractivity (Wildman–Crippen MR) is 93.6 cm³/mol. The van der Waals surface area contributed by atoms with Crippen LogP contribution in [0.25, 0.3) is 16.9 Å². The summed E-state index contributed by atoms with van der Waals surface area (Å²) in [5.41, 5.74) is 1.19. The third-order valence-electron chi connectivity index (χ3n) is 3.55. The van der Waals surface area contributed by atoms with Crippen molar-refractivity contribution in [3.8, 4) is 5.82 Å². The van der Waals surface area contributed by atoms with E-state index in [1.807, 2.05) is 0 Å². The Labute approximate surface area is 150 Å². The maximum Gasteiger partial charge on any atom is 0.356 e. The first-order chi connectivity index (χ1) is 12.6. The van der Waals surface area contributed by atoms with Gasteiger partial charge in [0.05, 0.1) is 16.1 Å². The Kier molecular flexibility index (Phi) is 3.86. The zero-order valence-electron chi connectivity index (χ0n) is 12.9. The lowest BCUT2D eigenvalue weighted by molar-refractivity contribution is -0.384. The van der Waals surface area contributed by atoms with Crippen molar-refractivity contribution in [3.05, 3.63) is 64.2 Å². The molecule has 0 radical (unpaired) electrons. The number of fused-ring (bicyclic) bond motifs is 1. The van der Waals surface area contributed by atoms with Crippen LogP contribution in [-0.2, 0) is 0 Å². The van der Waals surface area contributed by atoms with Gasteiger partial charge in [-0.1, -0.05) is 28.9 Å². The number of anilines is 2. The number of hydrogen-bond acceptors (Lipinski definition) is 8. The third kappa shape index (κ3) is 2.67. The average molecular weight is 369 g/mol. The molecule has 3 aromatic heterocycles. The zero-order chi connectivity index (χ0) is 18.1. The standard InChI is InChI=1S/C15H9ClN8O2/c16-13-10(5-3-7-17-13)20-14-12(24(25)26)15(19-8-18-14)23-11-6-2-1-4-9(11)21-22-23/h1-8H,(H,18,19,20). The average Bonchev–Trinajstić information content (AvgIpc) is 3.07. The molecule has 0 saturated carbocycles. The molecule has 4 rings (SSSR count). The van der Waals surface area contributed by atoms with Crippen molar-refractivity contribution in [1.29, 1.82) is 0 Å². The number of pyridine rings is 1. The number of halogens is 1. The molecule has 10 nitrogen and oxygen atoms in total. The van der Waals surface area contributed by atoms with Gasteiger partial charge in [-0.15, -0.1) is 5.10 Å². The van der Waals surface area contributed by atoms with E-state index in [9.17, 15) is 10.1 Å². The molecule has 128 valence electrons. The van der Waals surface area contributed by atoms with E-state index in [4.69, 9.17) is 11.6 Å². The molecule has 1 N–H and O–H groups in total. The van der Waals surface area contributed by atoms with E-state index in [0.717, 1.165) is 0 Å². The van der Waals surface area contributed by atoms with Gasteiger partial charge in [0, 0.05) is 6.20 Å². The van der Waals surface area contributed by atoms with Gasteiger partial charge in [0.15, 0.2) is 5.15 Å². The Balaban J connectivity index is 1.89. The Hall–Kier alpha value is -3.66. The van der Waals surface area contributed by atoms with Crippen molar-refractivity contribution < 1.29 is 4.92 Å². The van der Waals surface area contributed by atoms with Crippen LogP contribution in [0.4, 0.5) is 17.2 Å². The minimum atomic E-state index is -0.585. The molecule has 0 unspecified atom stereocenters. The van der Waals surface area contributed by atoms with E-state index < -0.39 is 4.92 Å². The molecule has 11 heteroatoms. The number of para-hydroxylation sites is 1. The summed E-state index contributed by atoms with van der Waals surface area (Å²) in [4.78, 5) is 23.1. The zero-order valence-corrected chi connectivity index (χ0v) is 13.7. The topological polar surface area (TPSA) is 125 Å². The van der Waals surface area contributed by atoms with E-state index in [-0.39, 0.29) is 22.5 Å². The second-order valence-electron chi connectivity index (χ2n) is 5.11. The van der Waals surface area contributed by atoms with Gasteiger partial charge in [-0.25, -0.2) is 15.0 Å². The number of nitrogens with zero attached hydrogens (tertiary/aromatic N) is 7. The van der Waals surface area contributed by atoms with E-state index in [2.05, 4.69) is 30.6 Å². The lowest BCUT2D eigenvalue weighted by Gasteiger charge is -2.09. The molecule has 0 amide bonds. The molecule has 26 heavy (non-hydrogen) atoms. The highest BCUT2D eigenvalue weighted by Crippen LogP contribution is 2.32.